The maximum Gasteiger partial charge on any atom is 0.334 e. The molecule has 44 heavy (non-hydrogen) atoms. The van der Waals surface area contributed by atoms with E-state index in [1.807, 2.05) is 55.5 Å². The van der Waals surface area contributed by atoms with Gasteiger partial charge in [-0.3, -0.25) is 14.6 Å². The summed E-state index contributed by atoms with van der Waals surface area (Å²) in [7, 11) is 1.70. The molecule has 6 rings (SSSR count). The Morgan fingerprint density at radius 3 is 2.52 bits per heavy atom. The van der Waals surface area contributed by atoms with Crippen LogP contribution in [-0.2, 0) is 22.6 Å². The van der Waals surface area contributed by atoms with Gasteiger partial charge in [0.25, 0.3) is 0 Å². The fourth-order valence-corrected chi connectivity index (χ4v) is 6.40. The number of aromatic hydroxyl groups is 1. The summed E-state index contributed by atoms with van der Waals surface area (Å²) in [5.74, 6) is -0.369. The number of carbonyl (C=O) groups is 3. The average molecular weight is 613 g/mol. The molecular formula is C33H33ClN6O4. The number of likely N-dealkylation sites (N-methyl/N-ethyl adjacent to an activating group) is 1. The van der Waals surface area contributed by atoms with E-state index in [-0.39, 0.29) is 43.1 Å². The first-order chi connectivity index (χ1) is 21.2. The van der Waals surface area contributed by atoms with Crippen molar-refractivity contribution in [3.63, 3.8) is 0 Å². The normalized spacial score (nSPS) is 19.7. The van der Waals surface area contributed by atoms with Crippen LogP contribution in [0.3, 0.4) is 0 Å². The van der Waals surface area contributed by atoms with Crippen molar-refractivity contribution in [2.24, 2.45) is 0 Å². The Kier molecular flexibility index (Phi) is 8.11. The first-order valence-corrected chi connectivity index (χ1v) is 14.9. The van der Waals surface area contributed by atoms with Crippen LogP contribution in [-0.4, -0.2) is 80.1 Å². The van der Waals surface area contributed by atoms with E-state index in [0.717, 1.165) is 22.1 Å². The minimum atomic E-state index is -0.877. The third-order valence-electron chi connectivity index (χ3n) is 8.41. The Morgan fingerprint density at radius 1 is 1.02 bits per heavy atom. The number of carbonyl (C=O) groups excluding carboxylic acids is 3. The molecule has 2 N–H and O–H groups in total. The smallest absolute Gasteiger partial charge is 0.334 e. The molecule has 0 radical (unpaired) electrons. The van der Waals surface area contributed by atoms with Gasteiger partial charge in [0.2, 0.25) is 11.8 Å². The molecule has 0 bridgehead atoms. The van der Waals surface area contributed by atoms with Crippen molar-refractivity contribution in [3.05, 3.63) is 107 Å². The minimum Gasteiger partial charge on any atom is -0.508 e. The Bertz CT molecular complexity index is 1700. The molecule has 3 atom stereocenters. The van der Waals surface area contributed by atoms with Gasteiger partial charge in [-0.25, -0.2) is 14.8 Å². The number of halogens is 1. The highest BCUT2D eigenvalue weighted by atomic mass is 35.5. The van der Waals surface area contributed by atoms with Crippen LogP contribution < -0.4 is 5.32 Å². The van der Waals surface area contributed by atoms with E-state index in [4.69, 9.17) is 11.6 Å². The van der Waals surface area contributed by atoms with Gasteiger partial charge in [-0.15, -0.1) is 0 Å². The fourth-order valence-electron chi connectivity index (χ4n) is 6.19. The Labute approximate surface area is 260 Å². The molecule has 226 valence electrons. The maximum atomic E-state index is 14.4. The molecule has 1 aromatic heterocycles. The molecule has 11 heteroatoms. The number of nitrogens with zero attached hydrogens (tertiary/aromatic N) is 5. The third-order valence-corrected chi connectivity index (χ3v) is 8.74. The number of nitrogens with one attached hydrogen (secondary N) is 1. The second-order valence-electron chi connectivity index (χ2n) is 11.2. The van der Waals surface area contributed by atoms with E-state index in [1.54, 1.807) is 63.4 Å². The van der Waals surface area contributed by atoms with Gasteiger partial charge in [0.05, 0.1) is 24.6 Å². The number of rotatable bonds is 6. The number of hydrogen-bond donors (Lipinski definition) is 2. The van der Waals surface area contributed by atoms with E-state index in [1.165, 1.54) is 0 Å². The molecule has 4 amide bonds. The molecule has 3 aromatic carbocycles. The fraction of sp³-hybridized carbons (Fsp3) is 0.273. The predicted molar refractivity (Wildman–Crippen MR) is 166 cm³/mol. The van der Waals surface area contributed by atoms with Crippen LogP contribution >= 0.6 is 11.6 Å². The van der Waals surface area contributed by atoms with Gasteiger partial charge >= 0.3 is 6.03 Å². The molecular weight excluding hydrogens is 580 g/mol. The number of hydrogen-bond acceptors (Lipinski definition) is 6. The Hall–Kier alpha value is -4.67. The monoisotopic (exact) mass is 612 g/mol. The summed E-state index contributed by atoms with van der Waals surface area (Å²) in [6, 6.07) is 21.9. The lowest BCUT2D eigenvalue weighted by Crippen LogP contribution is -2.76. The summed E-state index contributed by atoms with van der Waals surface area (Å²) in [5, 5.41) is 17.3. The zero-order chi connectivity index (χ0) is 31.0. The summed E-state index contributed by atoms with van der Waals surface area (Å²) >= 11 is 6.48. The number of hydrazine groups is 1. The summed E-state index contributed by atoms with van der Waals surface area (Å²) in [4.78, 5) is 49.7. The Balaban J connectivity index is 1.38. The number of amides is 4. The van der Waals surface area contributed by atoms with Gasteiger partial charge in [0, 0.05) is 42.2 Å². The molecule has 10 nitrogen and oxygen atoms in total. The zero-order valence-electron chi connectivity index (χ0n) is 24.4. The first-order valence-electron chi connectivity index (χ1n) is 14.5. The van der Waals surface area contributed by atoms with Gasteiger partial charge in [-0.1, -0.05) is 60.1 Å². The third kappa shape index (κ3) is 5.54. The van der Waals surface area contributed by atoms with E-state index in [9.17, 15) is 19.5 Å². The van der Waals surface area contributed by atoms with Crippen molar-refractivity contribution in [3.8, 4) is 5.75 Å². The van der Waals surface area contributed by atoms with Crippen molar-refractivity contribution < 1.29 is 19.5 Å². The highest BCUT2D eigenvalue weighted by molar-refractivity contribution is 6.35. The number of pyridine rings is 1. The SMILES string of the molecule is C[C@H](c1ccc(Cl)c2cccnc12)N1C[C@@H]2N(C(=O)CN(C)N2C(=O)NCc2ccccc2)[C@@H](Cc2ccc(O)cc2)C1=O. The van der Waals surface area contributed by atoms with Gasteiger partial charge in [0.15, 0.2) is 0 Å². The molecule has 4 aromatic rings. The van der Waals surface area contributed by atoms with Crippen LogP contribution in [0.25, 0.3) is 10.9 Å². The van der Waals surface area contributed by atoms with Crippen molar-refractivity contribution in [2.45, 2.75) is 38.1 Å². The van der Waals surface area contributed by atoms with Crippen LogP contribution in [0.4, 0.5) is 4.79 Å². The summed E-state index contributed by atoms with van der Waals surface area (Å²) in [6.45, 7) is 2.27. The molecule has 0 unspecified atom stereocenters. The Morgan fingerprint density at radius 2 is 1.77 bits per heavy atom. The first kappa shape index (κ1) is 29.4. The molecule has 0 spiro atoms. The van der Waals surface area contributed by atoms with Crippen LogP contribution in [0, 0.1) is 0 Å². The average Bonchev–Trinajstić information content (AvgIpc) is 3.02. The molecule has 3 heterocycles. The number of urea groups is 1. The second kappa shape index (κ2) is 12.1. The quantitative estimate of drug-likeness (QED) is 0.335. The van der Waals surface area contributed by atoms with Gasteiger partial charge in [-0.05, 0) is 48.4 Å². The lowest BCUT2D eigenvalue weighted by Gasteiger charge is -2.55. The van der Waals surface area contributed by atoms with E-state index in [0.29, 0.717) is 17.1 Å². The highest BCUT2D eigenvalue weighted by Gasteiger charge is 2.51. The number of aromatic nitrogens is 1. The molecule has 2 fully saturated rings. The zero-order valence-corrected chi connectivity index (χ0v) is 25.2. The van der Waals surface area contributed by atoms with Gasteiger partial charge in [0.1, 0.15) is 18.0 Å². The second-order valence-corrected chi connectivity index (χ2v) is 11.6. The molecule has 2 aliphatic heterocycles. The standard InChI is InChI=1S/C33H33ClN6O4/c1-21(25-14-15-27(34)26-9-6-16-35-31(25)26)38-19-29-39(28(32(38)43)17-22-10-12-24(41)13-11-22)30(42)20-37(2)40(29)33(44)36-18-23-7-4-3-5-8-23/h3-16,21,28-29,41H,17-20H2,1-2H3,(H,36,44)/t21-,28+,29-/m1/s1. The summed E-state index contributed by atoms with van der Waals surface area (Å²) < 4.78 is 0. The van der Waals surface area contributed by atoms with E-state index >= 15 is 0 Å². The van der Waals surface area contributed by atoms with Crippen LogP contribution in [0.1, 0.15) is 29.7 Å². The lowest BCUT2D eigenvalue weighted by molar-refractivity contribution is -0.189. The van der Waals surface area contributed by atoms with Crippen molar-refractivity contribution >= 4 is 40.3 Å². The molecule has 2 saturated heterocycles. The highest BCUT2D eigenvalue weighted by Crippen LogP contribution is 2.36. The molecule has 0 saturated carbocycles. The van der Waals surface area contributed by atoms with Crippen LogP contribution in [0.5, 0.6) is 5.75 Å². The topological polar surface area (TPSA) is 109 Å². The van der Waals surface area contributed by atoms with Crippen LogP contribution in [0.15, 0.2) is 85.1 Å². The maximum absolute atomic E-state index is 14.4. The van der Waals surface area contributed by atoms with E-state index < -0.39 is 18.2 Å². The summed E-state index contributed by atoms with van der Waals surface area (Å²) in [6.07, 6.45) is 1.15. The van der Waals surface area contributed by atoms with E-state index in [2.05, 4.69) is 10.3 Å². The van der Waals surface area contributed by atoms with Gasteiger partial charge in [-0.2, -0.15) is 0 Å². The molecule has 2 aliphatic rings. The number of phenolic OH excluding ortho intramolecular Hbond substituents is 1. The lowest BCUT2D eigenvalue weighted by atomic mass is 9.95. The number of fused-ring (bicyclic) bond motifs is 2. The molecule has 0 aliphatic carbocycles. The minimum absolute atomic E-state index is 0.0596. The van der Waals surface area contributed by atoms with Crippen LogP contribution in [0.2, 0.25) is 5.02 Å². The predicted octanol–water partition coefficient (Wildman–Crippen LogP) is 4.34. The van der Waals surface area contributed by atoms with Crippen molar-refractivity contribution in [1.82, 2.24) is 30.1 Å². The van der Waals surface area contributed by atoms with Crippen molar-refractivity contribution in [1.29, 1.82) is 0 Å². The number of benzene rings is 3. The number of phenols is 1. The largest absolute Gasteiger partial charge is 0.508 e. The number of piperazine rings is 1. The van der Waals surface area contributed by atoms with Crippen molar-refractivity contribution in [2.75, 3.05) is 20.1 Å². The van der Waals surface area contributed by atoms with Gasteiger partial charge < -0.3 is 20.2 Å². The summed E-state index contributed by atoms with van der Waals surface area (Å²) in [5.41, 5.74) is 3.22.